The number of carbonyl (C=O) groups excluding carboxylic acids is 1. The summed E-state index contributed by atoms with van der Waals surface area (Å²) in [6, 6.07) is 10.1. The average molecular weight is 244 g/mol. The predicted octanol–water partition coefficient (Wildman–Crippen LogP) is 2.55. The topological polar surface area (TPSA) is 44.1 Å². The molecule has 0 spiro atoms. The SMILES string of the molecule is CCN(CC(C)C#N)C(=O)Cc1ccccc1C. The number of aryl methyl sites for hydroxylation is 1. The first-order valence-corrected chi connectivity index (χ1v) is 6.30. The molecule has 0 aromatic heterocycles. The molecule has 1 aromatic carbocycles. The first-order chi connectivity index (χ1) is 8.58. The number of likely N-dealkylation sites (N-methyl/N-ethyl adjacent to an activating group) is 1. The maximum atomic E-state index is 12.2. The van der Waals surface area contributed by atoms with Gasteiger partial charge in [0.2, 0.25) is 5.91 Å². The summed E-state index contributed by atoms with van der Waals surface area (Å²) in [6.07, 6.45) is 0.415. The molecule has 3 nitrogen and oxygen atoms in total. The van der Waals surface area contributed by atoms with E-state index in [0.717, 1.165) is 11.1 Å². The summed E-state index contributed by atoms with van der Waals surface area (Å²) >= 11 is 0. The molecule has 0 fully saturated rings. The van der Waals surface area contributed by atoms with E-state index in [1.165, 1.54) is 0 Å². The maximum absolute atomic E-state index is 12.2. The summed E-state index contributed by atoms with van der Waals surface area (Å²) in [5.41, 5.74) is 2.20. The Labute approximate surface area is 109 Å². The number of nitrogens with zero attached hydrogens (tertiary/aromatic N) is 2. The largest absolute Gasteiger partial charge is 0.341 e. The van der Waals surface area contributed by atoms with Crippen molar-refractivity contribution < 1.29 is 4.79 Å². The van der Waals surface area contributed by atoms with Crippen LogP contribution in [0.1, 0.15) is 25.0 Å². The van der Waals surface area contributed by atoms with E-state index >= 15 is 0 Å². The second-order valence-corrected chi connectivity index (χ2v) is 4.57. The minimum atomic E-state index is -0.120. The highest BCUT2D eigenvalue weighted by molar-refractivity contribution is 5.79. The van der Waals surface area contributed by atoms with Crippen LogP contribution >= 0.6 is 0 Å². The summed E-state index contributed by atoms with van der Waals surface area (Å²) in [7, 11) is 0. The van der Waals surface area contributed by atoms with Crippen molar-refractivity contribution in [3.05, 3.63) is 35.4 Å². The van der Waals surface area contributed by atoms with Gasteiger partial charge in [0, 0.05) is 13.1 Å². The molecule has 0 radical (unpaired) electrons. The van der Waals surface area contributed by atoms with Crippen molar-refractivity contribution in [2.24, 2.45) is 5.92 Å². The van der Waals surface area contributed by atoms with Crippen LogP contribution in [0, 0.1) is 24.2 Å². The average Bonchev–Trinajstić information content (AvgIpc) is 2.38. The molecule has 0 N–H and O–H groups in total. The lowest BCUT2D eigenvalue weighted by molar-refractivity contribution is -0.130. The summed E-state index contributed by atoms with van der Waals surface area (Å²) < 4.78 is 0. The number of nitriles is 1. The normalized spacial score (nSPS) is 11.7. The first kappa shape index (κ1) is 14.2. The van der Waals surface area contributed by atoms with E-state index in [0.29, 0.717) is 19.5 Å². The number of carbonyl (C=O) groups is 1. The fourth-order valence-electron chi connectivity index (χ4n) is 1.86. The third-order valence-electron chi connectivity index (χ3n) is 3.05. The van der Waals surface area contributed by atoms with E-state index in [2.05, 4.69) is 6.07 Å². The van der Waals surface area contributed by atoms with Crippen molar-refractivity contribution in [1.82, 2.24) is 4.90 Å². The van der Waals surface area contributed by atoms with E-state index in [1.54, 1.807) is 4.90 Å². The molecular weight excluding hydrogens is 224 g/mol. The van der Waals surface area contributed by atoms with E-state index < -0.39 is 0 Å². The molecule has 0 bridgehead atoms. The highest BCUT2D eigenvalue weighted by atomic mass is 16.2. The molecule has 3 heteroatoms. The van der Waals surface area contributed by atoms with Gasteiger partial charge in [-0.25, -0.2) is 0 Å². The highest BCUT2D eigenvalue weighted by Crippen LogP contribution is 2.10. The second kappa shape index (κ2) is 6.80. The molecule has 18 heavy (non-hydrogen) atoms. The smallest absolute Gasteiger partial charge is 0.227 e. The Morgan fingerprint density at radius 1 is 1.44 bits per heavy atom. The first-order valence-electron chi connectivity index (χ1n) is 6.30. The zero-order valence-corrected chi connectivity index (χ0v) is 11.3. The van der Waals surface area contributed by atoms with Crippen LogP contribution in [-0.2, 0) is 11.2 Å². The van der Waals surface area contributed by atoms with Crippen molar-refractivity contribution >= 4 is 5.91 Å². The number of amides is 1. The molecule has 1 aromatic rings. The van der Waals surface area contributed by atoms with Gasteiger partial charge in [-0.15, -0.1) is 0 Å². The van der Waals surface area contributed by atoms with Gasteiger partial charge in [0.05, 0.1) is 18.4 Å². The molecule has 0 heterocycles. The molecular formula is C15H20N2O. The zero-order valence-electron chi connectivity index (χ0n) is 11.3. The van der Waals surface area contributed by atoms with Gasteiger partial charge < -0.3 is 4.90 Å². The summed E-state index contributed by atoms with van der Waals surface area (Å²) in [6.45, 7) is 6.95. The fraction of sp³-hybridized carbons (Fsp3) is 0.467. The molecule has 96 valence electrons. The molecule has 1 atom stereocenters. The van der Waals surface area contributed by atoms with E-state index in [4.69, 9.17) is 5.26 Å². The van der Waals surface area contributed by atoms with Crippen LogP contribution in [0.3, 0.4) is 0 Å². The van der Waals surface area contributed by atoms with Crippen molar-refractivity contribution in [2.45, 2.75) is 27.2 Å². The van der Waals surface area contributed by atoms with Crippen molar-refractivity contribution in [2.75, 3.05) is 13.1 Å². The molecule has 1 rings (SSSR count). The lowest BCUT2D eigenvalue weighted by Crippen LogP contribution is -2.35. The summed E-state index contributed by atoms with van der Waals surface area (Å²) in [4.78, 5) is 13.9. The van der Waals surface area contributed by atoms with Gasteiger partial charge in [-0.2, -0.15) is 5.26 Å². The number of hydrogen-bond acceptors (Lipinski definition) is 2. The second-order valence-electron chi connectivity index (χ2n) is 4.57. The third kappa shape index (κ3) is 3.89. The summed E-state index contributed by atoms with van der Waals surface area (Å²) in [5.74, 6) is -0.0281. The summed E-state index contributed by atoms with van der Waals surface area (Å²) in [5, 5.41) is 8.81. The fourth-order valence-corrected chi connectivity index (χ4v) is 1.86. The van der Waals surface area contributed by atoms with Crippen LogP contribution in [0.2, 0.25) is 0 Å². The maximum Gasteiger partial charge on any atom is 0.227 e. The predicted molar refractivity (Wildman–Crippen MR) is 71.9 cm³/mol. The van der Waals surface area contributed by atoms with Gasteiger partial charge >= 0.3 is 0 Å². The van der Waals surface area contributed by atoms with Crippen LogP contribution in [0.25, 0.3) is 0 Å². The monoisotopic (exact) mass is 244 g/mol. The molecule has 0 saturated heterocycles. The zero-order chi connectivity index (χ0) is 13.5. The van der Waals surface area contributed by atoms with Gasteiger partial charge in [-0.3, -0.25) is 4.79 Å². The lowest BCUT2D eigenvalue weighted by atomic mass is 10.0. The highest BCUT2D eigenvalue weighted by Gasteiger charge is 2.15. The number of hydrogen-bond donors (Lipinski definition) is 0. The Morgan fingerprint density at radius 2 is 2.11 bits per heavy atom. The molecule has 0 aliphatic rings. The lowest BCUT2D eigenvalue weighted by Gasteiger charge is -2.22. The van der Waals surface area contributed by atoms with Gasteiger partial charge in [0.15, 0.2) is 0 Å². The Hall–Kier alpha value is -1.82. The van der Waals surface area contributed by atoms with Gasteiger partial charge in [0.25, 0.3) is 0 Å². The van der Waals surface area contributed by atoms with Crippen LogP contribution in [0.5, 0.6) is 0 Å². The molecule has 0 saturated carbocycles. The van der Waals surface area contributed by atoms with E-state index in [-0.39, 0.29) is 11.8 Å². The van der Waals surface area contributed by atoms with Gasteiger partial charge in [-0.1, -0.05) is 24.3 Å². The van der Waals surface area contributed by atoms with Crippen LogP contribution in [0.15, 0.2) is 24.3 Å². The van der Waals surface area contributed by atoms with Crippen LogP contribution in [-0.4, -0.2) is 23.9 Å². The van der Waals surface area contributed by atoms with Crippen molar-refractivity contribution in [3.63, 3.8) is 0 Å². The van der Waals surface area contributed by atoms with Gasteiger partial charge in [-0.05, 0) is 31.9 Å². The third-order valence-corrected chi connectivity index (χ3v) is 3.05. The Bertz CT molecular complexity index is 448. The van der Waals surface area contributed by atoms with Crippen molar-refractivity contribution in [3.8, 4) is 6.07 Å². The number of benzene rings is 1. The quantitative estimate of drug-likeness (QED) is 0.799. The number of rotatable bonds is 5. The minimum absolute atomic E-state index is 0.0916. The van der Waals surface area contributed by atoms with Crippen LogP contribution < -0.4 is 0 Å². The molecule has 1 amide bonds. The standard InChI is InChI=1S/C15H20N2O/c1-4-17(11-12(2)10-16)15(18)9-14-8-6-5-7-13(14)3/h5-8,12H,4,9,11H2,1-3H3. The molecule has 0 aliphatic carbocycles. The Balaban J connectivity index is 2.69. The Kier molecular flexibility index (Phi) is 5.38. The van der Waals surface area contributed by atoms with E-state index in [9.17, 15) is 4.79 Å². The Morgan fingerprint density at radius 3 is 2.67 bits per heavy atom. The van der Waals surface area contributed by atoms with Crippen LogP contribution in [0.4, 0.5) is 0 Å². The molecule has 0 aliphatic heterocycles. The molecule has 1 unspecified atom stereocenters. The van der Waals surface area contributed by atoms with Gasteiger partial charge in [0.1, 0.15) is 0 Å². The minimum Gasteiger partial charge on any atom is -0.341 e. The van der Waals surface area contributed by atoms with E-state index in [1.807, 2.05) is 45.0 Å². The van der Waals surface area contributed by atoms with Crippen molar-refractivity contribution in [1.29, 1.82) is 5.26 Å².